The van der Waals surface area contributed by atoms with E-state index in [1.807, 2.05) is 18.7 Å². The van der Waals surface area contributed by atoms with Gasteiger partial charge >= 0.3 is 0 Å². The molecule has 5 heteroatoms. The monoisotopic (exact) mass is 289 g/mol. The standard InChI is InChI=1S/C11H17BrFN3/c1-3-9-10(13)11(15-8-14-9)16(4-2)7-5-6-12/h8H,3-7H2,1-2H3. The zero-order valence-electron chi connectivity index (χ0n) is 9.71. The molecule has 0 aliphatic heterocycles. The van der Waals surface area contributed by atoms with Gasteiger partial charge in [-0.25, -0.2) is 14.4 Å². The molecule has 1 aromatic rings. The molecule has 1 aromatic heterocycles. The molecule has 0 aromatic carbocycles. The lowest BCUT2D eigenvalue weighted by Gasteiger charge is -2.22. The van der Waals surface area contributed by atoms with Gasteiger partial charge in [-0.1, -0.05) is 22.9 Å². The number of anilines is 1. The smallest absolute Gasteiger partial charge is 0.187 e. The van der Waals surface area contributed by atoms with Gasteiger partial charge in [0.15, 0.2) is 11.6 Å². The Balaban J connectivity index is 2.91. The van der Waals surface area contributed by atoms with E-state index in [4.69, 9.17) is 0 Å². The van der Waals surface area contributed by atoms with Crippen molar-refractivity contribution in [2.75, 3.05) is 23.3 Å². The molecule has 0 N–H and O–H groups in total. The van der Waals surface area contributed by atoms with E-state index in [0.29, 0.717) is 17.9 Å². The van der Waals surface area contributed by atoms with Gasteiger partial charge in [0.1, 0.15) is 6.33 Å². The number of alkyl halides is 1. The van der Waals surface area contributed by atoms with E-state index < -0.39 is 0 Å². The van der Waals surface area contributed by atoms with Gasteiger partial charge in [-0.05, 0) is 19.8 Å². The summed E-state index contributed by atoms with van der Waals surface area (Å²) in [5.74, 6) is 0.150. The number of aromatic nitrogens is 2. The third-order valence-electron chi connectivity index (χ3n) is 2.42. The van der Waals surface area contributed by atoms with Crippen LogP contribution in [-0.4, -0.2) is 28.4 Å². The van der Waals surface area contributed by atoms with Crippen molar-refractivity contribution in [3.8, 4) is 0 Å². The number of nitrogens with zero attached hydrogens (tertiary/aromatic N) is 3. The van der Waals surface area contributed by atoms with Crippen LogP contribution in [0.3, 0.4) is 0 Å². The second-order valence-electron chi connectivity index (χ2n) is 3.43. The summed E-state index contributed by atoms with van der Waals surface area (Å²) in [5.41, 5.74) is 0.488. The molecular formula is C11H17BrFN3. The zero-order chi connectivity index (χ0) is 12.0. The van der Waals surface area contributed by atoms with Crippen molar-refractivity contribution < 1.29 is 4.39 Å². The molecule has 0 fully saturated rings. The van der Waals surface area contributed by atoms with Crippen LogP contribution in [0.5, 0.6) is 0 Å². The van der Waals surface area contributed by atoms with Crippen molar-refractivity contribution >= 4 is 21.7 Å². The Morgan fingerprint density at radius 3 is 2.69 bits per heavy atom. The predicted molar refractivity (Wildman–Crippen MR) is 67.7 cm³/mol. The van der Waals surface area contributed by atoms with Crippen LogP contribution in [0.25, 0.3) is 0 Å². The Morgan fingerprint density at radius 2 is 2.12 bits per heavy atom. The molecule has 1 heterocycles. The van der Waals surface area contributed by atoms with E-state index in [0.717, 1.165) is 24.8 Å². The van der Waals surface area contributed by atoms with Crippen molar-refractivity contribution in [2.45, 2.75) is 26.7 Å². The van der Waals surface area contributed by atoms with Gasteiger partial charge in [0.2, 0.25) is 0 Å². The lowest BCUT2D eigenvalue weighted by molar-refractivity contribution is 0.583. The molecule has 0 spiro atoms. The first-order valence-electron chi connectivity index (χ1n) is 5.54. The highest BCUT2D eigenvalue weighted by atomic mass is 79.9. The average molecular weight is 290 g/mol. The van der Waals surface area contributed by atoms with Gasteiger partial charge in [-0.15, -0.1) is 0 Å². The Hall–Kier alpha value is -0.710. The Labute approximate surface area is 104 Å². The molecule has 0 saturated carbocycles. The predicted octanol–water partition coefficient (Wildman–Crippen LogP) is 2.79. The molecule has 1 rings (SSSR count). The Morgan fingerprint density at radius 1 is 1.38 bits per heavy atom. The highest BCUT2D eigenvalue weighted by Crippen LogP contribution is 2.18. The minimum absolute atomic E-state index is 0.276. The van der Waals surface area contributed by atoms with Gasteiger partial charge in [-0.3, -0.25) is 0 Å². The maximum absolute atomic E-state index is 14.0. The number of halogens is 2. The first-order chi connectivity index (χ1) is 7.74. The summed E-state index contributed by atoms with van der Waals surface area (Å²) in [6.07, 6.45) is 3.00. The van der Waals surface area contributed by atoms with Crippen LogP contribution in [0.15, 0.2) is 6.33 Å². The highest BCUT2D eigenvalue weighted by Gasteiger charge is 2.14. The average Bonchev–Trinajstić information content (AvgIpc) is 2.32. The van der Waals surface area contributed by atoms with Crippen LogP contribution in [-0.2, 0) is 6.42 Å². The summed E-state index contributed by atoms with van der Waals surface area (Å²) in [6.45, 7) is 5.45. The molecule has 0 amide bonds. The van der Waals surface area contributed by atoms with Crippen molar-refractivity contribution in [3.05, 3.63) is 17.8 Å². The third kappa shape index (κ3) is 3.14. The van der Waals surface area contributed by atoms with Crippen molar-refractivity contribution in [3.63, 3.8) is 0 Å². The summed E-state index contributed by atoms with van der Waals surface area (Å²) >= 11 is 3.37. The topological polar surface area (TPSA) is 29.0 Å². The summed E-state index contributed by atoms with van der Waals surface area (Å²) in [6, 6.07) is 0. The Kier molecular flexibility index (Phi) is 5.66. The fourth-order valence-electron chi connectivity index (χ4n) is 1.53. The van der Waals surface area contributed by atoms with Gasteiger partial charge in [-0.2, -0.15) is 0 Å². The van der Waals surface area contributed by atoms with Crippen molar-refractivity contribution in [2.24, 2.45) is 0 Å². The SMILES string of the molecule is CCc1ncnc(N(CC)CCCBr)c1F. The van der Waals surface area contributed by atoms with E-state index in [1.54, 1.807) is 0 Å². The second-order valence-corrected chi connectivity index (χ2v) is 4.23. The second kappa shape index (κ2) is 6.78. The first-order valence-corrected chi connectivity index (χ1v) is 6.67. The van der Waals surface area contributed by atoms with Crippen LogP contribution in [0.4, 0.5) is 10.2 Å². The lowest BCUT2D eigenvalue weighted by atomic mass is 10.3. The normalized spacial score (nSPS) is 10.5. The summed E-state index contributed by atoms with van der Waals surface area (Å²) < 4.78 is 14.0. The molecule has 0 aliphatic carbocycles. The number of hydrogen-bond acceptors (Lipinski definition) is 3. The molecule has 90 valence electrons. The van der Waals surface area contributed by atoms with Gasteiger partial charge in [0.25, 0.3) is 0 Å². The molecular weight excluding hydrogens is 273 g/mol. The minimum atomic E-state index is -0.276. The zero-order valence-corrected chi connectivity index (χ0v) is 11.3. The minimum Gasteiger partial charge on any atom is -0.354 e. The van der Waals surface area contributed by atoms with E-state index >= 15 is 0 Å². The highest BCUT2D eigenvalue weighted by molar-refractivity contribution is 9.09. The Bertz CT molecular complexity index is 333. The maximum Gasteiger partial charge on any atom is 0.187 e. The molecule has 0 aliphatic rings. The molecule has 0 unspecified atom stereocenters. The molecule has 0 bridgehead atoms. The quantitative estimate of drug-likeness (QED) is 0.754. The molecule has 0 atom stereocenters. The summed E-state index contributed by atoms with van der Waals surface area (Å²) in [5, 5.41) is 0.914. The third-order valence-corrected chi connectivity index (χ3v) is 2.98. The van der Waals surface area contributed by atoms with Gasteiger partial charge in [0.05, 0.1) is 5.69 Å². The lowest BCUT2D eigenvalue weighted by Crippen LogP contribution is -2.27. The molecule has 3 nitrogen and oxygen atoms in total. The number of hydrogen-bond donors (Lipinski definition) is 0. The van der Waals surface area contributed by atoms with Crippen LogP contribution in [0.2, 0.25) is 0 Å². The van der Waals surface area contributed by atoms with Gasteiger partial charge in [0, 0.05) is 18.4 Å². The van der Waals surface area contributed by atoms with Crippen molar-refractivity contribution in [1.29, 1.82) is 0 Å². The molecule has 0 saturated heterocycles. The van der Waals surface area contributed by atoms with E-state index in [-0.39, 0.29) is 5.82 Å². The fraction of sp³-hybridized carbons (Fsp3) is 0.636. The first kappa shape index (κ1) is 13.4. The number of aryl methyl sites for hydroxylation is 1. The summed E-state index contributed by atoms with van der Waals surface area (Å²) in [4.78, 5) is 9.91. The summed E-state index contributed by atoms with van der Waals surface area (Å²) in [7, 11) is 0. The fourth-order valence-corrected chi connectivity index (χ4v) is 1.78. The van der Waals surface area contributed by atoms with E-state index in [1.165, 1.54) is 6.33 Å². The van der Waals surface area contributed by atoms with Crippen LogP contribution < -0.4 is 4.90 Å². The molecule has 0 radical (unpaired) electrons. The largest absolute Gasteiger partial charge is 0.354 e. The van der Waals surface area contributed by atoms with Crippen molar-refractivity contribution in [1.82, 2.24) is 9.97 Å². The maximum atomic E-state index is 14.0. The van der Waals surface area contributed by atoms with Crippen LogP contribution in [0.1, 0.15) is 26.0 Å². The van der Waals surface area contributed by atoms with Crippen LogP contribution >= 0.6 is 15.9 Å². The van der Waals surface area contributed by atoms with E-state index in [9.17, 15) is 4.39 Å². The van der Waals surface area contributed by atoms with Gasteiger partial charge < -0.3 is 4.90 Å². The molecule has 16 heavy (non-hydrogen) atoms. The van der Waals surface area contributed by atoms with E-state index in [2.05, 4.69) is 25.9 Å². The number of rotatable bonds is 6. The van der Waals surface area contributed by atoms with Crippen LogP contribution in [0, 0.1) is 5.82 Å².